The molecule has 0 bridgehead atoms. The maximum atomic E-state index is 11.5. The lowest BCUT2D eigenvalue weighted by Gasteiger charge is -2.23. The van der Waals surface area contributed by atoms with E-state index in [9.17, 15) is 4.79 Å². The fraction of sp³-hybridized carbons (Fsp3) is 0.545. The quantitative estimate of drug-likeness (QED) is 0.788. The van der Waals surface area contributed by atoms with Crippen molar-refractivity contribution < 1.29 is 9.21 Å². The van der Waals surface area contributed by atoms with E-state index >= 15 is 0 Å². The molecular formula is C11H16ClNO2. The number of carbonyl (C=O) groups is 1. The van der Waals surface area contributed by atoms with E-state index in [0.717, 1.165) is 5.76 Å². The summed E-state index contributed by atoms with van der Waals surface area (Å²) < 4.78 is 5.13. The Hall–Kier alpha value is -0.960. The topological polar surface area (TPSA) is 42.2 Å². The van der Waals surface area contributed by atoms with Crippen LogP contribution >= 0.6 is 11.6 Å². The molecule has 0 spiro atoms. The smallest absolute Gasteiger partial charge is 0.220 e. The van der Waals surface area contributed by atoms with Gasteiger partial charge in [0.1, 0.15) is 5.76 Å². The monoisotopic (exact) mass is 229 g/mol. The number of halogens is 1. The van der Waals surface area contributed by atoms with Crippen LogP contribution < -0.4 is 5.32 Å². The molecule has 4 heteroatoms. The molecule has 3 nitrogen and oxygen atoms in total. The SMILES string of the molecule is CC(C)(CCl)NC(=O)CCc1ccco1. The summed E-state index contributed by atoms with van der Waals surface area (Å²) in [5.41, 5.74) is -0.345. The highest BCUT2D eigenvalue weighted by atomic mass is 35.5. The van der Waals surface area contributed by atoms with Crippen LogP contribution in [0.4, 0.5) is 0 Å². The molecule has 1 heterocycles. The normalized spacial score (nSPS) is 11.4. The molecule has 0 aliphatic rings. The lowest BCUT2D eigenvalue weighted by Crippen LogP contribution is -2.44. The Balaban J connectivity index is 2.31. The third kappa shape index (κ3) is 4.38. The van der Waals surface area contributed by atoms with Crippen LogP contribution in [0.2, 0.25) is 0 Å². The first-order valence-electron chi connectivity index (χ1n) is 4.93. The molecule has 0 saturated carbocycles. The number of rotatable bonds is 5. The van der Waals surface area contributed by atoms with Crippen molar-refractivity contribution in [2.24, 2.45) is 0 Å². The molecule has 0 atom stereocenters. The fourth-order valence-electron chi connectivity index (χ4n) is 1.16. The molecule has 1 aromatic heterocycles. The molecule has 84 valence electrons. The van der Waals surface area contributed by atoms with Gasteiger partial charge in [0.25, 0.3) is 0 Å². The van der Waals surface area contributed by atoms with Gasteiger partial charge in [0.15, 0.2) is 0 Å². The van der Waals surface area contributed by atoms with Crippen LogP contribution in [0.15, 0.2) is 22.8 Å². The highest BCUT2D eigenvalue weighted by Crippen LogP contribution is 2.07. The predicted molar refractivity (Wildman–Crippen MR) is 60.0 cm³/mol. The average Bonchev–Trinajstić information content (AvgIpc) is 2.66. The number of nitrogens with one attached hydrogen (secondary N) is 1. The van der Waals surface area contributed by atoms with Crippen molar-refractivity contribution in [3.05, 3.63) is 24.2 Å². The Morgan fingerprint density at radius 2 is 2.33 bits per heavy atom. The van der Waals surface area contributed by atoms with Gasteiger partial charge in [0.2, 0.25) is 5.91 Å². The maximum Gasteiger partial charge on any atom is 0.220 e. The van der Waals surface area contributed by atoms with Crippen LogP contribution in [-0.2, 0) is 11.2 Å². The molecule has 0 aromatic carbocycles. The van der Waals surface area contributed by atoms with Crippen molar-refractivity contribution in [3.63, 3.8) is 0 Å². The Labute approximate surface area is 94.8 Å². The number of carbonyl (C=O) groups excluding carboxylic acids is 1. The third-order valence-electron chi connectivity index (χ3n) is 1.99. The Morgan fingerprint density at radius 1 is 1.60 bits per heavy atom. The summed E-state index contributed by atoms with van der Waals surface area (Å²) in [7, 11) is 0. The molecule has 0 saturated heterocycles. The molecule has 1 rings (SSSR count). The van der Waals surface area contributed by atoms with Crippen LogP contribution in [0.1, 0.15) is 26.0 Å². The lowest BCUT2D eigenvalue weighted by atomic mass is 10.1. The molecule has 0 fully saturated rings. The van der Waals surface area contributed by atoms with Crippen molar-refractivity contribution in [2.75, 3.05) is 5.88 Å². The second-order valence-corrected chi connectivity index (χ2v) is 4.41. The lowest BCUT2D eigenvalue weighted by molar-refractivity contribution is -0.122. The van der Waals surface area contributed by atoms with Gasteiger partial charge in [-0.1, -0.05) is 0 Å². The van der Waals surface area contributed by atoms with Gasteiger partial charge in [-0.25, -0.2) is 0 Å². The van der Waals surface area contributed by atoms with E-state index in [1.54, 1.807) is 6.26 Å². The second-order valence-electron chi connectivity index (χ2n) is 4.15. The van der Waals surface area contributed by atoms with Crippen molar-refractivity contribution in [3.8, 4) is 0 Å². The number of hydrogen-bond donors (Lipinski definition) is 1. The Bertz CT molecular complexity index is 306. The molecule has 15 heavy (non-hydrogen) atoms. The number of aryl methyl sites for hydroxylation is 1. The minimum absolute atomic E-state index is 0.00273. The number of hydrogen-bond acceptors (Lipinski definition) is 2. The summed E-state index contributed by atoms with van der Waals surface area (Å²) in [6.45, 7) is 3.79. The zero-order chi connectivity index (χ0) is 11.3. The number of furan rings is 1. The molecule has 0 aliphatic heterocycles. The molecule has 1 amide bonds. The highest BCUT2D eigenvalue weighted by Gasteiger charge is 2.18. The Morgan fingerprint density at radius 3 is 2.87 bits per heavy atom. The van der Waals surface area contributed by atoms with Crippen LogP contribution in [0.25, 0.3) is 0 Å². The predicted octanol–water partition coefficient (Wildman–Crippen LogP) is 2.35. The van der Waals surface area contributed by atoms with Gasteiger partial charge >= 0.3 is 0 Å². The van der Waals surface area contributed by atoms with E-state index in [1.165, 1.54) is 0 Å². The number of alkyl halides is 1. The van der Waals surface area contributed by atoms with Gasteiger partial charge in [-0.2, -0.15) is 0 Å². The first-order valence-corrected chi connectivity index (χ1v) is 5.46. The fourth-order valence-corrected chi connectivity index (χ4v) is 1.23. The molecule has 0 aliphatic carbocycles. The van der Waals surface area contributed by atoms with E-state index in [0.29, 0.717) is 18.7 Å². The second kappa shape index (κ2) is 5.21. The third-order valence-corrected chi connectivity index (χ3v) is 2.66. The zero-order valence-electron chi connectivity index (χ0n) is 9.05. The highest BCUT2D eigenvalue weighted by molar-refractivity contribution is 6.18. The van der Waals surface area contributed by atoms with E-state index in [4.69, 9.17) is 16.0 Å². The molecule has 1 aromatic rings. The summed E-state index contributed by atoms with van der Waals surface area (Å²) in [5.74, 6) is 1.23. The largest absolute Gasteiger partial charge is 0.469 e. The van der Waals surface area contributed by atoms with Gasteiger partial charge in [-0.05, 0) is 26.0 Å². The van der Waals surface area contributed by atoms with Crippen molar-refractivity contribution >= 4 is 17.5 Å². The standard InChI is InChI=1S/C11H16ClNO2/c1-11(2,8-12)13-10(14)6-5-9-4-3-7-15-9/h3-4,7H,5-6,8H2,1-2H3,(H,13,14). The first kappa shape index (κ1) is 12.1. The van der Waals surface area contributed by atoms with Crippen LogP contribution in [-0.4, -0.2) is 17.3 Å². The molecule has 0 unspecified atom stereocenters. The summed E-state index contributed by atoms with van der Waals surface area (Å²) in [6, 6.07) is 3.68. The van der Waals surface area contributed by atoms with Gasteiger partial charge < -0.3 is 9.73 Å². The van der Waals surface area contributed by atoms with Crippen LogP contribution in [0, 0.1) is 0 Å². The molecule has 0 radical (unpaired) electrons. The summed E-state index contributed by atoms with van der Waals surface area (Å²) >= 11 is 5.70. The van der Waals surface area contributed by atoms with E-state index in [-0.39, 0.29) is 11.4 Å². The molecular weight excluding hydrogens is 214 g/mol. The number of amides is 1. The van der Waals surface area contributed by atoms with Crippen molar-refractivity contribution in [2.45, 2.75) is 32.2 Å². The van der Waals surface area contributed by atoms with Gasteiger partial charge in [-0.15, -0.1) is 11.6 Å². The van der Waals surface area contributed by atoms with Crippen LogP contribution in [0.5, 0.6) is 0 Å². The van der Waals surface area contributed by atoms with Gasteiger partial charge in [0, 0.05) is 24.3 Å². The summed E-state index contributed by atoms with van der Waals surface area (Å²) in [4.78, 5) is 11.5. The minimum Gasteiger partial charge on any atom is -0.469 e. The van der Waals surface area contributed by atoms with Crippen LogP contribution in [0.3, 0.4) is 0 Å². The Kier molecular flexibility index (Phi) is 4.21. The van der Waals surface area contributed by atoms with Crippen molar-refractivity contribution in [1.29, 1.82) is 0 Å². The van der Waals surface area contributed by atoms with E-state index in [1.807, 2.05) is 26.0 Å². The van der Waals surface area contributed by atoms with Gasteiger partial charge in [-0.3, -0.25) is 4.79 Å². The van der Waals surface area contributed by atoms with E-state index < -0.39 is 0 Å². The van der Waals surface area contributed by atoms with Crippen molar-refractivity contribution in [1.82, 2.24) is 5.32 Å². The summed E-state index contributed by atoms with van der Waals surface area (Å²) in [5, 5.41) is 2.86. The zero-order valence-corrected chi connectivity index (χ0v) is 9.80. The molecule has 1 N–H and O–H groups in total. The minimum atomic E-state index is -0.345. The maximum absolute atomic E-state index is 11.5. The first-order chi connectivity index (χ1) is 7.03. The van der Waals surface area contributed by atoms with Gasteiger partial charge in [0.05, 0.1) is 6.26 Å². The summed E-state index contributed by atoms with van der Waals surface area (Å²) in [6.07, 6.45) is 2.65. The van der Waals surface area contributed by atoms with E-state index in [2.05, 4.69) is 5.32 Å². The average molecular weight is 230 g/mol.